The Labute approximate surface area is 112 Å². The molecule has 3 saturated carbocycles. The van der Waals surface area contributed by atoms with Crippen molar-refractivity contribution >= 4 is 11.6 Å². The van der Waals surface area contributed by atoms with Crippen molar-refractivity contribution in [3.63, 3.8) is 0 Å². The maximum atomic E-state index is 12.3. The van der Waals surface area contributed by atoms with Crippen molar-refractivity contribution in [1.82, 2.24) is 15.5 Å². The van der Waals surface area contributed by atoms with Crippen LogP contribution in [0.25, 0.3) is 0 Å². The van der Waals surface area contributed by atoms with E-state index in [1.165, 1.54) is 25.7 Å². The third kappa shape index (κ3) is 2.11. The number of amides is 1. The van der Waals surface area contributed by atoms with Crippen LogP contribution in [0.1, 0.15) is 60.6 Å². The van der Waals surface area contributed by atoms with Crippen LogP contribution < -0.4 is 11.1 Å². The van der Waals surface area contributed by atoms with E-state index < -0.39 is 0 Å². The normalized spacial score (nSPS) is 22.8. The number of hydrogen-bond donors (Lipinski definition) is 3. The molecule has 102 valence electrons. The SMILES string of the molecule is Nc1c(C(=O)NC(C2CC2)C2CC2)n[nH]c1C1CC1. The molecule has 5 heteroatoms. The fraction of sp³-hybridized carbons (Fsp3) is 0.714. The van der Waals surface area contributed by atoms with E-state index in [9.17, 15) is 4.79 Å². The number of nitrogens with two attached hydrogens (primary N) is 1. The van der Waals surface area contributed by atoms with Crippen LogP contribution in [0.2, 0.25) is 0 Å². The number of nitrogens with one attached hydrogen (secondary N) is 2. The zero-order chi connectivity index (χ0) is 13.0. The van der Waals surface area contributed by atoms with Crippen LogP contribution in [0.5, 0.6) is 0 Å². The van der Waals surface area contributed by atoms with Gasteiger partial charge in [0.25, 0.3) is 5.91 Å². The summed E-state index contributed by atoms with van der Waals surface area (Å²) in [5.74, 6) is 1.79. The highest BCUT2D eigenvalue weighted by Gasteiger charge is 2.42. The largest absolute Gasteiger partial charge is 0.395 e. The molecular weight excluding hydrogens is 240 g/mol. The molecule has 1 aromatic heterocycles. The van der Waals surface area contributed by atoms with Crippen LogP contribution in [-0.4, -0.2) is 22.1 Å². The second-order valence-electron chi connectivity index (χ2n) is 6.35. The maximum absolute atomic E-state index is 12.3. The van der Waals surface area contributed by atoms with E-state index in [4.69, 9.17) is 5.73 Å². The van der Waals surface area contributed by atoms with Crippen molar-refractivity contribution in [2.75, 3.05) is 5.73 Å². The van der Waals surface area contributed by atoms with Crippen molar-refractivity contribution in [3.05, 3.63) is 11.4 Å². The van der Waals surface area contributed by atoms with E-state index in [2.05, 4.69) is 15.5 Å². The molecule has 0 unspecified atom stereocenters. The fourth-order valence-corrected chi connectivity index (χ4v) is 2.97. The predicted molar refractivity (Wildman–Crippen MR) is 71.7 cm³/mol. The lowest BCUT2D eigenvalue weighted by atomic mass is 10.1. The quantitative estimate of drug-likeness (QED) is 0.754. The van der Waals surface area contributed by atoms with Crippen molar-refractivity contribution in [1.29, 1.82) is 0 Å². The Morgan fingerprint density at radius 3 is 2.37 bits per heavy atom. The Morgan fingerprint density at radius 1 is 1.21 bits per heavy atom. The molecule has 19 heavy (non-hydrogen) atoms. The Kier molecular flexibility index (Phi) is 2.37. The first-order valence-electron chi connectivity index (χ1n) is 7.38. The molecule has 1 amide bonds. The average Bonchev–Trinajstić information content (AvgIpc) is 3.27. The monoisotopic (exact) mass is 260 g/mol. The van der Waals surface area contributed by atoms with Gasteiger partial charge in [-0.15, -0.1) is 0 Å². The minimum atomic E-state index is -0.0931. The first-order chi connectivity index (χ1) is 9.24. The molecule has 1 heterocycles. The lowest BCUT2D eigenvalue weighted by molar-refractivity contribution is 0.0922. The number of anilines is 1. The first kappa shape index (κ1) is 11.3. The van der Waals surface area contributed by atoms with Crippen molar-refractivity contribution in [2.24, 2.45) is 11.8 Å². The lowest BCUT2D eigenvalue weighted by Gasteiger charge is -2.16. The van der Waals surface area contributed by atoms with Gasteiger partial charge in [0.1, 0.15) is 0 Å². The highest BCUT2D eigenvalue weighted by Crippen LogP contribution is 2.45. The van der Waals surface area contributed by atoms with Gasteiger partial charge in [0.15, 0.2) is 5.69 Å². The molecule has 3 aliphatic carbocycles. The van der Waals surface area contributed by atoms with Crippen molar-refractivity contribution in [3.8, 4) is 0 Å². The minimum Gasteiger partial charge on any atom is -0.395 e. The number of aromatic amines is 1. The van der Waals surface area contributed by atoms with Crippen molar-refractivity contribution in [2.45, 2.75) is 50.5 Å². The van der Waals surface area contributed by atoms with Gasteiger partial charge in [-0.3, -0.25) is 9.89 Å². The summed E-state index contributed by atoms with van der Waals surface area (Å²) in [7, 11) is 0. The highest BCUT2D eigenvalue weighted by atomic mass is 16.2. The number of H-pyrrole nitrogens is 1. The van der Waals surface area contributed by atoms with Gasteiger partial charge in [-0.25, -0.2) is 0 Å². The van der Waals surface area contributed by atoms with E-state index in [0.717, 1.165) is 18.5 Å². The molecule has 3 aliphatic rings. The summed E-state index contributed by atoms with van der Waals surface area (Å²) >= 11 is 0. The summed E-state index contributed by atoms with van der Waals surface area (Å²) in [6.07, 6.45) is 7.33. The average molecular weight is 260 g/mol. The van der Waals surface area contributed by atoms with Crippen LogP contribution >= 0.6 is 0 Å². The molecule has 0 spiro atoms. The van der Waals surface area contributed by atoms with Gasteiger partial charge in [-0.1, -0.05) is 0 Å². The number of carbonyl (C=O) groups excluding carboxylic acids is 1. The Balaban J connectivity index is 1.49. The van der Waals surface area contributed by atoms with E-state index in [0.29, 0.717) is 35.2 Å². The molecule has 0 saturated heterocycles. The molecule has 0 radical (unpaired) electrons. The topological polar surface area (TPSA) is 83.8 Å². The zero-order valence-electron chi connectivity index (χ0n) is 11.0. The van der Waals surface area contributed by atoms with Crippen LogP contribution in [0.3, 0.4) is 0 Å². The molecule has 5 nitrogen and oxygen atoms in total. The standard InChI is InChI=1S/C14H20N4O/c15-10-12(9-5-6-9)17-18-13(10)14(19)16-11(7-1-2-7)8-3-4-8/h7-9,11H,1-6,15H2,(H,16,19)(H,17,18). The fourth-order valence-electron chi connectivity index (χ4n) is 2.97. The van der Waals surface area contributed by atoms with Crippen LogP contribution in [0.15, 0.2) is 0 Å². The van der Waals surface area contributed by atoms with E-state index in [1.807, 2.05) is 0 Å². The molecule has 1 aromatic rings. The van der Waals surface area contributed by atoms with Gasteiger partial charge in [0.2, 0.25) is 0 Å². The Bertz CT molecular complexity index is 500. The second kappa shape index (κ2) is 3.99. The molecule has 0 aromatic carbocycles. The summed E-state index contributed by atoms with van der Waals surface area (Å²) in [4.78, 5) is 12.3. The van der Waals surface area contributed by atoms with Crippen molar-refractivity contribution < 1.29 is 4.79 Å². The summed E-state index contributed by atoms with van der Waals surface area (Å²) in [5, 5.41) is 10.2. The molecule has 4 N–H and O–H groups in total. The third-order valence-corrected chi connectivity index (χ3v) is 4.59. The van der Waals surface area contributed by atoms with Gasteiger partial charge in [-0.2, -0.15) is 5.10 Å². The number of hydrogen-bond acceptors (Lipinski definition) is 3. The summed E-state index contributed by atoms with van der Waals surface area (Å²) in [5.41, 5.74) is 7.96. The second-order valence-corrected chi connectivity index (χ2v) is 6.35. The molecule has 0 atom stereocenters. The maximum Gasteiger partial charge on any atom is 0.274 e. The molecule has 4 rings (SSSR count). The summed E-state index contributed by atoms with van der Waals surface area (Å²) in [6, 6.07) is 0.355. The molecule has 0 aliphatic heterocycles. The zero-order valence-corrected chi connectivity index (χ0v) is 11.0. The number of rotatable bonds is 5. The number of nitrogen functional groups attached to an aromatic ring is 1. The number of nitrogens with zero attached hydrogens (tertiary/aromatic N) is 1. The van der Waals surface area contributed by atoms with Crippen LogP contribution in [0.4, 0.5) is 5.69 Å². The number of aromatic nitrogens is 2. The lowest BCUT2D eigenvalue weighted by Crippen LogP contribution is -2.38. The van der Waals surface area contributed by atoms with Crippen LogP contribution in [-0.2, 0) is 0 Å². The van der Waals surface area contributed by atoms with Gasteiger partial charge in [0.05, 0.1) is 11.4 Å². The van der Waals surface area contributed by atoms with E-state index in [1.54, 1.807) is 0 Å². The molecule has 3 fully saturated rings. The van der Waals surface area contributed by atoms with Gasteiger partial charge in [0, 0.05) is 12.0 Å². The summed E-state index contributed by atoms with van der Waals surface area (Å²) in [6.45, 7) is 0. The molecule has 0 bridgehead atoms. The van der Waals surface area contributed by atoms with Gasteiger partial charge in [-0.05, 0) is 50.4 Å². The first-order valence-corrected chi connectivity index (χ1v) is 7.38. The highest BCUT2D eigenvalue weighted by molar-refractivity contribution is 5.98. The number of carbonyl (C=O) groups is 1. The predicted octanol–water partition coefficient (Wildman–Crippen LogP) is 1.79. The third-order valence-electron chi connectivity index (χ3n) is 4.59. The Morgan fingerprint density at radius 2 is 1.84 bits per heavy atom. The molecular formula is C14H20N4O. The van der Waals surface area contributed by atoms with Gasteiger partial charge < -0.3 is 11.1 Å². The van der Waals surface area contributed by atoms with Crippen LogP contribution in [0, 0.1) is 11.8 Å². The minimum absolute atomic E-state index is 0.0931. The van der Waals surface area contributed by atoms with E-state index >= 15 is 0 Å². The smallest absolute Gasteiger partial charge is 0.274 e. The Hall–Kier alpha value is -1.52. The van der Waals surface area contributed by atoms with E-state index in [-0.39, 0.29) is 5.91 Å². The van der Waals surface area contributed by atoms with Gasteiger partial charge >= 0.3 is 0 Å². The summed E-state index contributed by atoms with van der Waals surface area (Å²) < 4.78 is 0.